The quantitative estimate of drug-likeness (QED) is 0.194. The van der Waals surface area contributed by atoms with Gasteiger partial charge in [0.05, 0.1) is 0 Å². The molecular weight excluding hydrogens is 526 g/mol. The lowest BCUT2D eigenvalue weighted by atomic mass is 10.0. The topological polar surface area (TPSA) is 3.24 Å². The number of halogens is 1. The first-order valence-electron chi connectivity index (χ1n) is 12.6. The van der Waals surface area contributed by atoms with Crippen LogP contribution in [-0.2, 0) is 0 Å². The average Bonchev–Trinajstić information content (AvgIpc) is 2.97. The van der Waals surface area contributed by atoms with Gasteiger partial charge in [-0.25, -0.2) is 0 Å². The molecule has 0 bridgehead atoms. The molecule has 190 valence electrons. The van der Waals surface area contributed by atoms with Crippen LogP contribution >= 0.6 is 15.9 Å². The summed E-state index contributed by atoms with van der Waals surface area (Å²) in [6.45, 7) is 11.3. The number of nitrogens with zero attached hydrogens (tertiary/aromatic N) is 1. The smallest absolute Gasteiger partial charge is 0.0462 e. The first-order chi connectivity index (χ1) is 18.6. The molecule has 0 amide bonds. The molecule has 0 heterocycles. The summed E-state index contributed by atoms with van der Waals surface area (Å²) in [6, 6.07) is 36.3. The summed E-state index contributed by atoms with van der Waals surface area (Å²) >= 11 is 3.56. The van der Waals surface area contributed by atoms with E-state index in [0.29, 0.717) is 0 Å². The fraction of sp³-hybridized carbons (Fsp3) is 0.0556. The fourth-order valence-corrected chi connectivity index (χ4v) is 4.21. The summed E-state index contributed by atoms with van der Waals surface area (Å²) < 4.78 is 1.06. The molecule has 0 aliphatic rings. The molecule has 0 aromatic heterocycles. The second kappa shape index (κ2) is 15.2. The lowest BCUT2D eigenvalue weighted by Gasteiger charge is -2.26. The highest BCUT2D eigenvalue weighted by Gasteiger charge is 2.13. The van der Waals surface area contributed by atoms with Crippen molar-refractivity contribution in [2.45, 2.75) is 13.8 Å². The van der Waals surface area contributed by atoms with Crippen LogP contribution in [0.25, 0.3) is 16.7 Å². The molecule has 0 N–H and O–H groups in total. The molecule has 0 saturated carbocycles. The van der Waals surface area contributed by atoms with Gasteiger partial charge < -0.3 is 4.90 Å². The Morgan fingerprint density at radius 3 is 1.61 bits per heavy atom. The van der Waals surface area contributed by atoms with Gasteiger partial charge in [0, 0.05) is 21.5 Å². The zero-order valence-corrected chi connectivity index (χ0v) is 23.7. The Kier molecular flexibility index (Phi) is 11.4. The van der Waals surface area contributed by atoms with Crippen LogP contribution in [0.3, 0.4) is 0 Å². The zero-order valence-electron chi connectivity index (χ0n) is 22.1. The minimum atomic E-state index is 1.06. The van der Waals surface area contributed by atoms with Crippen LogP contribution in [0.5, 0.6) is 0 Å². The lowest BCUT2D eigenvalue weighted by molar-refractivity contribution is 1.28. The minimum absolute atomic E-state index is 1.06. The number of anilines is 3. The monoisotopic (exact) mass is 559 g/mol. The molecule has 38 heavy (non-hydrogen) atoms. The number of hydrogen-bond acceptors (Lipinski definition) is 1. The van der Waals surface area contributed by atoms with Crippen LogP contribution in [0.4, 0.5) is 17.1 Å². The second-order valence-electron chi connectivity index (χ2n) is 8.37. The van der Waals surface area contributed by atoms with Crippen LogP contribution < -0.4 is 4.90 Å². The number of benzene rings is 4. The van der Waals surface area contributed by atoms with E-state index in [1.807, 2.05) is 31.2 Å². The molecule has 1 nitrogen and oxygen atoms in total. The van der Waals surface area contributed by atoms with Gasteiger partial charge in [-0.15, -0.1) is 0 Å². The number of allylic oxidation sites excluding steroid dienone is 8. The van der Waals surface area contributed by atoms with Gasteiger partial charge in [0.2, 0.25) is 0 Å². The van der Waals surface area contributed by atoms with Gasteiger partial charge in [-0.05, 0) is 84.6 Å². The van der Waals surface area contributed by atoms with Crippen LogP contribution in [0.1, 0.15) is 19.4 Å². The van der Waals surface area contributed by atoms with E-state index in [4.69, 9.17) is 0 Å². The third-order valence-electron chi connectivity index (χ3n) is 5.83. The summed E-state index contributed by atoms with van der Waals surface area (Å²) in [7, 11) is 0. The maximum absolute atomic E-state index is 3.77. The van der Waals surface area contributed by atoms with Gasteiger partial charge in [-0.3, -0.25) is 0 Å². The van der Waals surface area contributed by atoms with Crippen molar-refractivity contribution in [3.05, 3.63) is 169 Å². The third kappa shape index (κ3) is 7.93. The molecule has 0 spiro atoms. The SMILES string of the molecule is C=C/C=C\C.C=C/C=C\C(=C/C)c1ccc(N(c2ccc(Br)cc2)c2ccc(-c3ccccc3)cc2)cc1. The van der Waals surface area contributed by atoms with Crippen molar-refractivity contribution < 1.29 is 0 Å². The Morgan fingerprint density at radius 2 is 1.13 bits per heavy atom. The Balaban J connectivity index is 0.000000732. The van der Waals surface area contributed by atoms with Crippen LogP contribution in [-0.4, -0.2) is 0 Å². The molecule has 4 aromatic carbocycles. The summed E-state index contributed by atoms with van der Waals surface area (Å²) in [4.78, 5) is 2.28. The maximum Gasteiger partial charge on any atom is 0.0462 e. The molecule has 0 atom stereocenters. The predicted octanol–water partition coefficient (Wildman–Crippen LogP) is 11.5. The first-order valence-corrected chi connectivity index (χ1v) is 13.4. The average molecular weight is 561 g/mol. The van der Waals surface area contributed by atoms with E-state index < -0.39 is 0 Å². The van der Waals surface area contributed by atoms with Crippen molar-refractivity contribution in [3.63, 3.8) is 0 Å². The Hall–Kier alpha value is -4.14. The van der Waals surface area contributed by atoms with Gasteiger partial charge in [-0.1, -0.05) is 126 Å². The van der Waals surface area contributed by atoms with E-state index in [9.17, 15) is 0 Å². The number of hydrogen-bond donors (Lipinski definition) is 0. The van der Waals surface area contributed by atoms with E-state index in [0.717, 1.165) is 21.5 Å². The van der Waals surface area contributed by atoms with Crippen LogP contribution in [0, 0.1) is 0 Å². The van der Waals surface area contributed by atoms with E-state index >= 15 is 0 Å². The second-order valence-corrected chi connectivity index (χ2v) is 9.29. The normalized spacial score (nSPS) is 11.2. The Labute approximate surface area is 236 Å². The van der Waals surface area contributed by atoms with Crippen molar-refractivity contribution in [2.24, 2.45) is 0 Å². The molecule has 0 aliphatic heterocycles. The van der Waals surface area contributed by atoms with Crippen molar-refractivity contribution in [1.82, 2.24) is 0 Å². The molecule has 0 saturated heterocycles. The van der Waals surface area contributed by atoms with Gasteiger partial charge >= 0.3 is 0 Å². The van der Waals surface area contributed by atoms with E-state index in [1.165, 1.54) is 22.3 Å². The fourth-order valence-electron chi connectivity index (χ4n) is 3.94. The van der Waals surface area contributed by atoms with Crippen molar-refractivity contribution in [2.75, 3.05) is 4.90 Å². The van der Waals surface area contributed by atoms with E-state index in [1.54, 1.807) is 12.2 Å². The molecule has 2 heteroatoms. The van der Waals surface area contributed by atoms with Gasteiger partial charge in [0.25, 0.3) is 0 Å². The molecule has 4 aromatic rings. The standard InChI is InChI=1S/C31H26BrN.C5H8/c1-3-5-9-24(4-2)26-12-18-29(19-13-26)33(31-22-16-28(32)17-23-31)30-20-14-27(15-21-30)25-10-7-6-8-11-25;1-3-5-4-2/h3-23H,1H2,2H3;3-5H,1H2,2H3/b9-5-,24-4+;5-4-. The molecule has 0 fully saturated rings. The molecular formula is C36H34BrN. The van der Waals surface area contributed by atoms with Crippen molar-refractivity contribution >= 4 is 38.6 Å². The van der Waals surface area contributed by atoms with Crippen molar-refractivity contribution in [1.29, 1.82) is 0 Å². The highest BCUT2D eigenvalue weighted by atomic mass is 79.9. The summed E-state index contributed by atoms with van der Waals surface area (Å²) in [5, 5.41) is 0. The minimum Gasteiger partial charge on any atom is -0.311 e. The molecule has 0 radical (unpaired) electrons. The van der Waals surface area contributed by atoms with Gasteiger partial charge in [-0.2, -0.15) is 0 Å². The van der Waals surface area contributed by atoms with Crippen LogP contribution in [0.15, 0.2) is 163 Å². The summed E-state index contributed by atoms with van der Waals surface area (Å²) in [6.07, 6.45) is 13.5. The van der Waals surface area contributed by atoms with E-state index in [-0.39, 0.29) is 0 Å². The third-order valence-corrected chi connectivity index (χ3v) is 6.36. The predicted molar refractivity (Wildman–Crippen MR) is 172 cm³/mol. The lowest BCUT2D eigenvalue weighted by Crippen LogP contribution is -2.09. The Bertz CT molecular complexity index is 1370. The molecule has 0 unspecified atom stereocenters. The Morgan fingerprint density at radius 1 is 0.632 bits per heavy atom. The highest BCUT2D eigenvalue weighted by molar-refractivity contribution is 9.10. The summed E-state index contributed by atoms with van der Waals surface area (Å²) in [5.74, 6) is 0. The first kappa shape index (κ1) is 28.4. The van der Waals surface area contributed by atoms with Crippen molar-refractivity contribution in [3.8, 4) is 11.1 Å². The summed E-state index contributed by atoms with van der Waals surface area (Å²) in [5.41, 5.74) is 8.10. The largest absolute Gasteiger partial charge is 0.311 e. The number of rotatable bonds is 8. The highest BCUT2D eigenvalue weighted by Crippen LogP contribution is 2.36. The zero-order chi connectivity index (χ0) is 27.2. The van der Waals surface area contributed by atoms with Gasteiger partial charge in [0.1, 0.15) is 0 Å². The van der Waals surface area contributed by atoms with Crippen LogP contribution in [0.2, 0.25) is 0 Å². The maximum atomic E-state index is 3.77. The molecule has 4 rings (SSSR count). The van der Waals surface area contributed by atoms with E-state index in [2.05, 4.69) is 150 Å². The van der Waals surface area contributed by atoms with Gasteiger partial charge in [0.15, 0.2) is 0 Å². The molecule has 0 aliphatic carbocycles.